The van der Waals surface area contributed by atoms with E-state index in [2.05, 4.69) is 43.2 Å². The minimum Gasteiger partial charge on any atom is -0.398 e. The molecule has 0 aliphatic rings. The zero-order valence-electron chi connectivity index (χ0n) is 9.60. The average Bonchev–Trinajstić information content (AvgIpc) is 2.35. The molecule has 3 N–H and O–H groups in total. The predicted octanol–water partition coefficient (Wildman–Crippen LogP) is 3.44. The number of nitrogen functional groups attached to an aromatic ring is 1. The fourth-order valence-electron chi connectivity index (χ4n) is 1.48. The second kappa shape index (κ2) is 5.68. The van der Waals surface area contributed by atoms with Gasteiger partial charge in [-0.2, -0.15) is 0 Å². The number of nitrogens with one attached hydrogen (secondary N) is 1. The Balaban J connectivity index is 2.44. The number of anilines is 2. The van der Waals surface area contributed by atoms with Crippen LogP contribution in [-0.2, 0) is 10.0 Å². The first-order chi connectivity index (χ1) is 8.90. The third kappa shape index (κ3) is 3.40. The largest absolute Gasteiger partial charge is 0.398 e. The number of rotatable bonds is 3. The molecule has 0 atom stereocenters. The van der Waals surface area contributed by atoms with Crippen molar-refractivity contribution in [2.75, 3.05) is 10.5 Å². The third-order valence-corrected chi connectivity index (χ3v) is 5.24. The Morgan fingerprint density at radius 2 is 1.84 bits per heavy atom. The van der Waals surface area contributed by atoms with Gasteiger partial charge in [0.05, 0.1) is 11.4 Å². The minimum atomic E-state index is -3.70. The van der Waals surface area contributed by atoms with Crippen LogP contribution in [0.15, 0.2) is 51.8 Å². The molecule has 0 spiro atoms. The SMILES string of the molecule is Nc1ccc(Br)cc1S(=O)(=O)Nc1ccccc1I. The maximum Gasteiger partial charge on any atom is 0.264 e. The van der Waals surface area contributed by atoms with Crippen molar-refractivity contribution in [3.05, 3.63) is 50.5 Å². The van der Waals surface area contributed by atoms with Crippen LogP contribution in [0.5, 0.6) is 0 Å². The first kappa shape index (κ1) is 14.6. The normalized spacial score (nSPS) is 11.3. The summed E-state index contributed by atoms with van der Waals surface area (Å²) in [6.45, 7) is 0. The van der Waals surface area contributed by atoms with Gasteiger partial charge in [-0.05, 0) is 52.9 Å². The lowest BCUT2D eigenvalue weighted by atomic mass is 10.3. The van der Waals surface area contributed by atoms with Crippen molar-refractivity contribution in [3.63, 3.8) is 0 Å². The average molecular weight is 453 g/mol. The van der Waals surface area contributed by atoms with Crippen molar-refractivity contribution in [2.24, 2.45) is 0 Å². The molecule has 2 aromatic carbocycles. The Hall–Kier alpha value is -0.800. The molecule has 0 aliphatic carbocycles. The number of benzene rings is 2. The highest BCUT2D eigenvalue weighted by Crippen LogP contribution is 2.26. The number of sulfonamides is 1. The van der Waals surface area contributed by atoms with Gasteiger partial charge in [0.15, 0.2) is 0 Å². The van der Waals surface area contributed by atoms with E-state index in [0.29, 0.717) is 10.2 Å². The molecule has 0 aliphatic heterocycles. The Kier molecular flexibility index (Phi) is 4.36. The second-order valence-corrected chi connectivity index (χ2v) is 7.50. The van der Waals surface area contributed by atoms with Crippen LogP contribution in [0.3, 0.4) is 0 Å². The molecule has 0 unspecified atom stereocenters. The Morgan fingerprint density at radius 1 is 1.16 bits per heavy atom. The fraction of sp³-hybridized carbons (Fsp3) is 0. The number of hydrogen-bond donors (Lipinski definition) is 2. The van der Waals surface area contributed by atoms with Gasteiger partial charge in [0.1, 0.15) is 4.90 Å². The summed E-state index contributed by atoms with van der Waals surface area (Å²) in [4.78, 5) is 0.0570. The monoisotopic (exact) mass is 452 g/mol. The van der Waals surface area contributed by atoms with Crippen LogP contribution in [0.1, 0.15) is 0 Å². The Morgan fingerprint density at radius 3 is 2.53 bits per heavy atom. The maximum absolute atomic E-state index is 12.3. The van der Waals surface area contributed by atoms with Crippen LogP contribution in [0.25, 0.3) is 0 Å². The van der Waals surface area contributed by atoms with E-state index in [9.17, 15) is 8.42 Å². The first-order valence-corrected chi connectivity index (χ1v) is 8.58. The molecule has 0 bridgehead atoms. The van der Waals surface area contributed by atoms with E-state index < -0.39 is 10.0 Å². The summed E-state index contributed by atoms with van der Waals surface area (Å²) >= 11 is 5.31. The lowest BCUT2D eigenvalue weighted by molar-refractivity contribution is 0.601. The van der Waals surface area contributed by atoms with E-state index in [-0.39, 0.29) is 10.6 Å². The third-order valence-electron chi connectivity index (χ3n) is 2.38. The van der Waals surface area contributed by atoms with Crippen molar-refractivity contribution in [1.82, 2.24) is 0 Å². The molecular weight excluding hydrogens is 443 g/mol. The molecular formula is C12H10BrIN2O2S. The molecule has 7 heteroatoms. The van der Waals surface area contributed by atoms with Crippen LogP contribution in [0, 0.1) is 3.57 Å². The topological polar surface area (TPSA) is 72.2 Å². The van der Waals surface area contributed by atoms with Crippen molar-refractivity contribution < 1.29 is 8.42 Å². The summed E-state index contributed by atoms with van der Waals surface area (Å²) in [6, 6.07) is 11.9. The Bertz CT molecular complexity index is 719. The van der Waals surface area contributed by atoms with Crippen LogP contribution in [0.2, 0.25) is 0 Å². The van der Waals surface area contributed by atoms with Crippen LogP contribution >= 0.6 is 38.5 Å². The lowest BCUT2D eigenvalue weighted by Crippen LogP contribution is -2.15. The molecule has 2 rings (SSSR count). The summed E-state index contributed by atoms with van der Waals surface area (Å²) in [5.41, 5.74) is 6.47. The molecule has 100 valence electrons. The van der Waals surface area contributed by atoms with Gasteiger partial charge in [0.25, 0.3) is 10.0 Å². The molecule has 0 aromatic heterocycles. The van der Waals surface area contributed by atoms with Crippen molar-refractivity contribution in [3.8, 4) is 0 Å². The zero-order chi connectivity index (χ0) is 14.0. The highest BCUT2D eigenvalue weighted by Gasteiger charge is 2.18. The van der Waals surface area contributed by atoms with Crippen LogP contribution in [0.4, 0.5) is 11.4 Å². The molecule has 0 saturated carbocycles. The number of hydrogen-bond acceptors (Lipinski definition) is 3. The predicted molar refractivity (Wildman–Crippen MR) is 88.5 cm³/mol. The van der Waals surface area contributed by atoms with E-state index in [1.165, 1.54) is 6.07 Å². The van der Waals surface area contributed by atoms with E-state index in [0.717, 1.165) is 3.57 Å². The van der Waals surface area contributed by atoms with Crippen molar-refractivity contribution in [1.29, 1.82) is 0 Å². The standard InChI is InChI=1S/C12H10BrIN2O2S/c13-8-5-6-10(15)12(7-8)19(17,18)16-11-4-2-1-3-9(11)14/h1-7,16H,15H2. The van der Waals surface area contributed by atoms with Crippen LogP contribution < -0.4 is 10.5 Å². The van der Waals surface area contributed by atoms with E-state index in [1.807, 2.05) is 12.1 Å². The molecule has 0 heterocycles. The van der Waals surface area contributed by atoms with Gasteiger partial charge in [-0.15, -0.1) is 0 Å². The molecule has 0 fully saturated rings. The summed E-state index contributed by atoms with van der Waals surface area (Å²) < 4.78 is 28.6. The van der Waals surface area contributed by atoms with Gasteiger partial charge in [-0.25, -0.2) is 8.42 Å². The number of nitrogens with two attached hydrogens (primary N) is 1. The molecule has 0 amide bonds. The van der Waals surface area contributed by atoms with Gasteiger partial charge in [-0.1, -0.05) is 28.1 Å². The lowest BCUT2D eigenvalue weighted by Gasteiger charge is -2.11. The smallest absolute Gasteiger partial charge is 0.264 e. The maximum atomic E-state index is 12.3. The molecule has 4 nitrogen and oxygen atoms in total. The highest BCUT2D eigenvalue weighted by molar-refractivity contribution is 14.1. The van der Waals surface area contributed by atoms with Gasteiger partial charge in [0, 0.05) is 8.04 Å². The van der Waals surface area contributed by atoms with E-state index >= 15 is 0 Å². The number of para-hydroxylation sites is 1. The fourth-order valence-corrected chi connectivity index (χ4v) is 3.94. The minimum absolute atomic E-state index is 0.0570. The van der Waals surface area contributed by atoms with Gasteiger partial charge in [-0.3, -0.25) is 4.72 Å². The second-order valence-electron chi connectivity index (χ2n) is 3.77. The van der Waals surface area contributed by atoms with Gasteiger partial charge >= 0.3 is 0 Å². The van der Waals surface area contributed by atoms with Crippen molar-refractivity contribution >= 4 is 59.9 Å². The summed E-state index contributed by atoms with van der Waals surface area (Å²) in [6.07, 6.45) is 0. The summed E-state index contributed by atoms with van der Waals surface area (Å²) in [5, 5.41) is 0. The van der Waals surface area contributed by atoms with Gasteiger partial charge < -0.3 is 5.73 Å². The molecule has 19 heavy (non-hydrogen) atoms. The van der Waals surface area contributed by atoms with Crippen LogP contribution in [-0.4, -0.2) is 8.42 Å². The molecule has 2 aromatic rings. The van der Waals surface area contributed by atoms with E-state index in [4.69, 9.17) is 5.73 Å². The summed E-state index contributed by atoms with van der Waals surface area (Å²) in [7, 11) is -3.70. The molecule has 0 saturated heterocycles. The Labute approximate surface area is 133 Å². The van der Waals surface area contributed by atoms with Gasteiger partial charge in [0.2, 0.25) is 0 Å². The number of halogens is 2. The molecule has 0 radical (unpaired) electrons. The zero-order valence-corrected chi connectivity index (χ0v) is 14.2. The van der Waals surface area contributed by atoms with Crippen molar-refractivity contribution in [2.45, 2.75) is 4.90 Å². The van der Waals surface area contributed by atoms with E-state index in [1.54, 1.807) is 24.3 Å². The summed E-state index contributed by atoms with van der Waals surface area (Å²) in [5.74, 6) is 0. The highest BCUT2D eigenvalue weighted by atomic mass is 127. The first-order valence-electron chi connectivity index (χ1n) is 5.22. The quantitative estimate of drug-likeness (QED) is 0.553.